The highest BCUT2D eigenvalue weighted by molar-refractivity contribution is 5.95. The molecule has 0 radical (unpaired) electrons. The zero-order valence-electron chi connectivity index (χ0n) is 7.34. The van der Waals surface area contributed by atoms with E-state index in [1.807, 2.05) is 6.92 Å². The molecular weight excluding hydrogens is 172 g/mol. The van der Waals surface area contributed by atoms with E-state index < -0.39 is 6.09 Å². The van der Waals surface area contributed by atoms with Gasteiger partial charge in [0.05, 0.1) is 11.8 Å². The molecule has 2 rings (SSSR count). The second-order valence-electron chi connectivity index (χ2n) is 3.74. The fraction of sp³-hybridized carbons (Fsp3) is 0.750. The molecule has 0 aromatic heterocycles. The lowest BCUT2D eigenvalue weighted by atomic mass is 10.0. The molecule has 1 saturated heterocycles. The Morgan fingerprint density at radius 2 is 2.38 bits per heavy atom. The van der Waals surface area contributed by atoms with Crippen molar-refractivity contribution in [3.63, 3.8) is 0 Å². The van der Waals surface area contributed by atoms with Crippen LogP contribution < -0.4 is 0 Å². The Labute approximate surface area is 75.6 Å². The van der Waals surface area contributed by atoms with Crippen LogP contribution in [0.4, 0.5) is 4.79 Å². The maximum atomic E-state index is 10.9. The smallest absolute Gasteiger partial charge is 0.408 e. The van der Waals surface area contributed by atoms with Gasteiger partial charge in [0.2, 0.25) is 0 Å². The van der Waals surface area contributed by atoms with Crippen LogP contribution in [-0.4, -0.2) is 39.1 Å². The zero-order valence-corrected chi connectivity index (χ0v) is 7.34. The van der Waals surface area contributed by atoms with E-state index in [1.165, 1.54) is 4.90 Å². The van der Waals surface area contributed by atoms with Crippen LogP contribution in [0.15, 0.2) is 5.16 Å². The number of hydrogen-bond donors (Lipinski definition) is 2. The van der Waals surface area contributed by atoms with Gasteiger partial charge in [-0.3, -0.25) is 4.90 Å². The van der Waals surface area contributed by atoms with Crippen molar-refractivity contribution in [1.82, 2.24) is 4.90 Å². The predicted octanol–water partition coefficient (Wildman–Crippen LogP) is 0.977. The number of rotatable bonds is 0. The summed E-state index contributed by atoms with van der Waals surface area (Å²) in [6, 6.07) is -0.115. The summed E-state index contributed by atoms with van der Waals surface area (Å²) in [5.74, 6) is 0.340. The second-order valence-corrected chi connectivity index (χ2v) is 3.74. The van der Waals surface area contributed by atoms with E-state index in [-0.39, 0.29) is 12.1 Å². The largest absolute Gasteiger partial charge is 0.465 e. The molecule has 2 aliphatic rings. The second kappa shape index (κ2) is 2.61. The molecule has 3 unspecified atom stereocenters. The number of piperidine rings is 1. The number of carbonyl (C=O) groups is 1. The van der Waals surface area contributed by atoms with Crippen molar-refractivity contribution in [2.75, 3.05) is 0 Å². The van der Waals surface area contributed by atoms with Crippen molar-refractivity contribution in [3.05, 3.63) is 0 Å². The number of amides is 1. The fourth-order valence-corrected chi connectivity index (χ4v) is 2.48. The summed E-state index contributed by atoms with van der Waals surface area (Å²) in [4.78, 5) is 12.2. The standard InChI is InChI=1S/C8H12N2O3/c1-4-5-2-6(9-13)7(3-5)10(4)8(11)12/h4-5,7,13H,2-3H2,1H3,(H,11,12). The van der Waals surface area contributed by atoms with Crippen LogP contribution in [0.1, 0.15) is 19.8 Å². The minimum atomic E-state index is -0.916. The summed E-state index contributed by atoms with van der Waals surface area (Å²) in [6.07, 6.45) is 0.639. The zero-order chi connectivity index (χ0) is 9.59. The van der Waals surface area contributed by atoms with Crippen LogP contribution in [0, 0.1) is 5.92 Å². The molecular formula is C8H12N2O3. The van der Waals surface area contributed by atoms with E-state index >= 15 is 0 Å². The minimum absolute atomic E-state index is 0.0630. The molecule has 1 heterocycles. The van der Waals surface area contributed by atoms with Crippen molar-refractivity contribution >= 4 is 11.8 Å². The Balaban J connectivity index is 2.27. The van der Waals surface area contributed by atoms with Gasteiger partial charge in [-0.2, -0.15) is 0 Å². The third-order valence-corrected chi connectivity index (χ3v) is 3.19. The number of fused-ring (bicyclic) bond motifs is 2. The summed E-state index contributed by atoms with van der Waals surface area (Å²) in [5.41, 5.74) is 0.616. The highest BCUT2D eigenvalue weighted by Crippen LogP contribution is 2.40. The first-order chi connectivity index (χ1) is 6.15. The Kier molecular flexibility index (Phi) is 1.68. The molecule has 2 fully saturated rings. The molecule has 1 amide bonds. The van der Waals surface area contributed by atoms with Gasteiger partial charge in [0.15, 0.2) is 0 Å². The van der Waals surface area contributed by atoms with Gasteiger partial charge < -0.3 is 10.3 Å². The normalized spacial score (nSPS) is 40.2. The Morgan fingerprint density at radius 3 is 2.85 bits per heavy atom. The van der Waals surface area contributed by atoms with E-state index in [9.17, 15) is 4.79 Å². The van der Waals surface area contributed by atoms with Crippen LogP contribution in [0.25, 0.3) is 0 Å². The molecule has 72 valence electrons. The van der Waals surface area contributed by atoms with Gasteiger partial charge in [-0.15, -0.1) is 0 Å². The fourth-order valence-electron chi connectivity index (χ4n) is 2.48. The van der Waals surface area contributed by atoms with Crippen molar-refractivity contribution in [3.8, 4) is 0 Å². The van der Waals surface area contributed by atoms with Gasteiger partial charge in [0.1, 0.15) is 0 Å². The summed E-state index contributed by atoms with van der Waals surface area (Å²) in [7, 11) is 0. The van der Waals surface area contributed by atoms with Gasteiger partial charge >= 0.3 is 6.09 Å². The summed E-state index contributed by atoms with van der Waals surface area (Å²) in [5, 5.41) is 20.7. The first kappa shape index (κ1) is 8.34. The number of carboxylic acid groups (broad SMARTS) is 1. The highest BCUT2D eigenvalue weighted by atomic mass is 16.4. The monoisotopic (exact) mass is 184 g/mol. The number of oxime groups is 1. The molecule has 2 N–H and O–H groups in total. The van der Waals surface area contributed by atoms with Crippen LogP contribution in [-0.2, 0) is 0 Å². The number of nitrogens with zero attached hydrogens (tertiary/aromatic N) is 2. The molecule has 0 aromatic rings. The molecule has 1 aliphatic carbocycles. The van der Waals surface area contributed by atoms with Crippen molar-refractivity contribution in [2.45, 2.75) is 31.8 Å². The lowest BCUT2D eigenvalue weighted by molar-refractivity contribution is 0.126. The maximum Gasteiger partial charge on any atom is 0.408 e. The van der Waals surface area contributed by atoms with Gasteiger partial charge in [-0.1, -0.05) is 5.16 Å². The lowest BCUT2D eigenvalue weighted by Gasteiger charge is -2.30. The average molecular weight is 184 g/mol. The SMILES string of the molecule is CC1C2CC(=NO)C(C2)N1C(=O)O. The molecule has 5 heteroatoms. The summed E-state index contributed by atoms with van der Waals surface area (Å²) in [6.45, 7) is 1.91. The number of hydrogen-bond acceptors (Lipinski definition) is 3. The lowest BCUT2D eigenvalue weighted by Crippen LogP contribution is -2.46. The first-order valence-corrected chi connectivity index (χ1v) is 4.37. The quantitative estimate of drug-likeness (QED) is 0.435. The first-order valence-electron chi connectivity index (χ1n) is 4.37. The summed E-state index contributed by atoms with van der Waals surface area (Å²) >= 11 is 0. The van der Waals surface area contributed by atoms with Gasteiger partial charge in [0.25, 0.3) is 0 Å². The van der Waals surface area contributed by atoms with Crippen LogP contribution in [0.5, 0.6) is 0 Å². The summed E-state index contributed by atoms with van der Waals surface area (Å²) < 4.78 is 0. The van der Waals surface area contributed by atoms with Crippen molar-refractivity contribution in [2.24, 2.45) is 11.1 Å². The predicted molar refractivity (Wildman–Crippen MR) is 45.1 cm³/mol. The molecule has 13 heavy (non-hydrogen) atoms. The third-order valence-electron chi connectivity index (χ3n) is 3.19. The Bertz CT molecular complexity index is 277. The Morgan fingerprint density at radius 1 is 1.69 bits per heavy atom. The van der Waals surface area contributed by atoms with Crippen LogP contribution in [0.2, 0.25) is 0 Å². The van der Waals surface area contributed by atoms with Crippen LogP contribution >= 0.6 is 0 Å². The van der Waals surface area contributed by atoms with E-state index in [0.29, 0.717) is 11.6 Å². The van der Waals surface area contributed by atoms with E-state index in [0.717, 1.165) is 12.8 Å². The highest BCUT2D eigenvalue weighted by Gasteiger charge is 2.50. The molecule has 5 nitrogen and oxygen atoms in total. The molecule has 2 bridgehead atoms. The molecule has 1 aliphatic heterocycles. The number of likely N-dealkylation sites (tertiary alicyclic amines) is 1. The van der Waals surface area contributed by atoms with E-state index in [4.69, 9.17) is 10.3 Å². The van der Waals surface area contributed by atoms with Gasteiger partial charge in [0, 0.05) is 6.04 Å². The molecule has 3 atom stereocenters. The van der Waals surface area contributed by atoms with E-state index in [1.54, 1.807) is 0 Å². The van der Waals surface area contributed by atoms with Crippen LogP contribution in [0.3, 0.4) is 0 Å². The third kappa shape index (κ3) is 0.993. The average Bonchev–Trinajstić information content (AvgIpc) is 2.59. The maximum absolute atomic E-state index is 10.9. The molecule has 0 aromatic carbocycles. The molecule has 0 spiro atoms. The van der Waals surface area contributed by atoms with Gasteiger partial charge in [-0.25, -0.2) is 4.79 Å². The van der Waals surface area contributed by atoms with Crippen molar-refractivity contribution < 1.29 is 15.1 Å². The molecule has 1 saturated carbocycles. The van der Waals surface area contributed by atoms with Gasteiger partial charge in [-0.05, 0) is 25.7 Å². The minimum Gasteiger partial charge on any atom is -0.465 e. The van der Waals surface area contributed by atoms with Crippen molar-refractivity contribution in [1.29, 1.82) is 0 Å². The Hall–Kier alpha value is -1.26. The topological polar surface area (TPSA) is 73.1 Å². The van der Waals surface area contributed by atoms with E-state index in [2.05, 4.69) is 5.16 Å².